The Morgan fingerprint density at radius 1 is 0.931 bits per heavy atom. The molecule has 150 valence electrons. The van der Waals surface area contributed by atoms with Crippen LogP contribution in [0.1, 0.15) is 22.3 Å². The second-order valence-corrected chi connectivity index (χ2v) is 7.20. The van der Waals surface area contributed by atoms with E-state index in [9.17, 15) is 10.1 Å². The van der Waals surface area contributed by atoms with Gasteiger partial charge in [-0.15, -0.1) is 0 Å². The van der Waals surface area contributed by atoms with Gasteiger partial charge in [-0.1, -0.05) is 60.7 Å². The van der Waals surface area contributed by atoms with Gasteiger partial charge in [0.2, 0.25) is 0 Å². The molecule has 0 fully saturated rings. The van der Waals surface area contributed by atoms with Crippen LogP contribution in [-0.2, 0) is 17.8 Å². The minimum absolute atomic E-state index is 0.0922. The average Bonchev–Trinajstić information content (AvgIpc) is 2.73. The fourth-order valence-electron chi connectivity index (χ4n) is 3.17. The minimum Gasteiger partial charge on any atom is -0.377 e. The van der Waals surface area contributed by atoms with Crippen LogP contribution in [0.2, 0.25) is 0 Å². The molecule has 1 N–H and O–H groups in total. The number of hydrogen-bond acceptors (Lipinski definition) is 4. The van der Waals surface area contributed by atoms with Crippen LogP contribution in [0.15, 0.2) is 72.8 Å². The molecule has 0 radical (unpaired) electrons. The number of nitro benzene ring substituents is 1. The summed E-state index contributed by atoms with van der Waals surface area (Å²) >= 11 is 0. The molecule has 5 heteroatoms. The molecular weight excluding hydrogens is 364 g/mol. The lowest BCUT2D eigenvalue weighted by Gasteiger charge is -2.20. The largest absolute Gasteiger partial charge is 0.377 e. The van der Waals surface area contributed by atoms with Crippen molar-refractivity contribution in [3.8, 4) is 0 Å². The highest BCUT2D eigenvalue weighted by atomic mass is 16.6. The Kier molecular flexibility index (Phi) is 6.98. The van der Waals surface area contributed by atoms with E-state index in [-0.39, 0.29) is 16.7 Å². The molecule has 3 rings (SSSR count). The van der Waals surface area contributed by atoms with E-state index in [1.165, 1.54) is 5.56 Å². The van der Waals surface area contributed by atoms with E-state index >= 15 is 0 Å². The van der Waals surface area contributed by atoms with Crippen LogP contribution in [-0.4, -0.2) is 17.6 Å². The summed E-state index contributed by atoms with van der Waals surface area (Å²) in [5.41, 5.74) is 4.81. The molecule has 1 atom stereocenters. The highest BCUT2D eigenvalue weighted by molar-refractivity contribution is 5.64. The third kappa shape index (κ3) is 5.90. The van der Waals surface area contributed by atoms with Crippen LogP contribution >= 0.6 is 0 Å². The van der Waals surface area contributed by atoms with Crippen molar-refractivity contribution in [3.63, 3.8) is 0 Å². The Morgan fingerprint density at radius 2 is 1.52 bits per heavy atom. The Labute approximate surface area is 171 Å². The average molecular weight is 390 g/mol. The van der Waals surface area contributed by atoms with E-state index in [1.807, 2.05) is 68.4 Å². The first-order valence-electron chi connectivity index (χ1n) is 9.72. The van der Waals surface area contributed by atoms with E-state index in [2.05, 4.69) is 17.4 Å². The number of ether oxygens (including phenoxy) is 1. The van der Waals surface area contributed by atoms with Gasteiger partial charge in [-0.3, -0.25) is 10.1 Å². The molecule has 0 spiro atoms. The standard InChI is InChI=1S/C24H26N2O3/c1-18-13-23(24(26(27)28)14-19(18)2)25-16-22(15-20-9-5-3-6-10-20)29-17-21-11-7-4-8-12-21/h3-14,22,25H,15-17H2,1-2H3. The smallest absolute Gasteiger partial charge is 0.292 e. The van der Waals surface area contributed by atoms with E-state index in [0.29, 0.717) is 18.8 Å². The van der Waals surface area contributed by atoms with Crippen LogP contribution in [0.25, 0.3) is 0 Å². The maximum Gasteiger partial charge on any atom is 0.292 e. The molecule has 0 bridgehead atoms. The zero-order valence-electron chi connectivity index (χ0n) is 16.8. The molecule has 3 aromatic carbocycles. The fraction of sp³-hybridized carbons (Fsp3) is 0.250. The van der Waals surface area contributed by atoms with Crippen molar-refractivity contribution in [1.82, 2.24) is 0 Å². The number of nitrogens with one attached hydrogen (secondary N) is 1. The number of anilines is 1. The van der Waals surface area contributed by atoms with Crippen LogP contribution in [0.5, 0.6) is 0 Å². The number of nitro groups is 1. The molecule has 5 nitrogen and oxygen atoms in total. The molecule has 0 aliphatic carbocycles. The zero-order valence-corrected chi connectivity index (χ0v) is 16.8. The third-order valence-electron chi connectivity index (χ3n) is 4.96. The van der Waals surface area contributed by atoms with Crippen molar-refractivity contribution in [1.29, 1.82) is 0 Å². The lowest BCUT2D eigenvalue weighted by atomic mass is 10.1. The maximum absolute atomic E-state index is 11.5. The summed E-state index contributed by atoms with van der Waals surface area (Å²) in [5.74, 6) is 0. The molecule has 0 heterocycles. The van der Waals surface area contributed by atoms with Crippen molar-refractivity contribution < 1.29 is 9.66 Å². The normalized spacial score (nSPS) is 11.8. The molecule has 0 saturated carbocycles. The fourth-order valence-corrected chi connectivity index (χ4v) is 3.17. The highest BCUT2D eigenvalue weighted by Gasteiger charge is 2.18. The molecule has 3 aromatic rings. The second-order valence-electron chi connectivity index (χ2n) is 7.20. The topological polar surface area (TPSA) is 64.4 Å². The van der Waals surface area contributed by atoms with Crippen LogP contribution in [0.4, 0.5) is 11.4 Å². The second kappa shape index (κ2) is 9.85. The molecule has 0 aliphatic rings. The highest BCUT2D eigenvalue weighted by Crippen LogP contribution is 2.28. The van der Waals surface area contributed by atoms with Crippen LogP contribution in [0.3, 0.4) is 0 Å². The van der Waals surface area contributed by atoms with Gasteiger partial charge in [-0.05, 0) is 42.2 Å². The SMILES string of the molecule is Cc1cc(NCC(Cc2ccccc2)OCc2ccccc2)c([N+](=O)[O-])cc1C. The van der Waals surface area contributed by atoms with Crippen molar-refractivity contribution in [3.05, 3.63) is 105 Å². The first-order valence-corrected chi connectivity index (χ1v) is 9.72. The van der Waals surface area contributed by atoms with Gasteiger partial charge in [0, 0.05) is 19.0 Å². The minimum atomic E-state index is -0.341. The van der Waals surface area contributed by atoms with Gasteiger partial charge in [-0.2, -0.15) is 0 Å². The maximum atomic E-state index is 11.5. The first kappa shape index (κ1) is 20.6. The molecule has 0 aromatic heterocycles. The summed E-state index contributed by atoms with van der Waals surface area (Å²) in [7, 11) is 0. The van der Waals surface area contributed by atoms with Crippen molar-refractivity contribution in [2.45, 2.75) is 33.0 Å². The lowest BCUT2D eigenvalue weighted by Crippen LogP contribution is -2.26. The van der Waals surface area contributed by atoms with Gasteiger partial charge >= 0.3 is 0 Å². The molecular formula is C24H26N2O3. The van der Waals surface area contributed by atoms with Gasteiger partial charge in [0.1, 0.15) is 5.69 Å². The van der Waals surface area contributed by atoms with Gasteiger partial charge < -0.3 is 10.1 Å². The summed E-state index contributed by atoms with van der Waals surface area (Å²) in [5, 5.41) is 14.7. The third-order valence-corrected chi connectivity index (χ3v) is 4.96. The Balaban J connectivity index is 1.74. The summed E-state index contributed by atoms with van der Waals surface area (Å²) in [6.45, 7) is 4.81. The molecule has 0 saturated heterocycles. The predicted molar refractivity (Wildman–Crippen MR) is 116 cm³/mol. The zero-order chi connectivity index (χ0) is 20.6. The van der Waals surface area contributed by atoms with Crippen molar-refractivity contribution >= 4 is 11.4 Å². The van der Waals surface area contributed by atoms with Crippen molar-refractivity contribution in [2.24, 2.45) is 0 Å². The number of nitrogens with zero attached hydrogens (tertiary/aromatic N) is 1. The summed E-state index contributed by atoms with van der Waals surface area (Å²) in [6, 6.07) is 23.6. The number of hydrogen-bond donors (Lipinski definition) is 1. The quantitative estimate of drug-likeness (QED) is 0.390. The Hall–Kier alpha value is -3.18. The number of rotatable bonds is 9. The van der Waals surface area contributed by atoms with E-state index in [4.69, 9.17) is 4.74 Å². The van der Waals surface area contributed by atoms with Crippen LogP contribution in [0, 0.1) is 24.0 Å². The van der Waals surface area contributed by atoms with Crippen molar-refractivity contribution in [2.75, 3.05) is 11.9 Å². The summed E-state index contributed by atoms with van der Waals surface area (Å²) < 4.78 is 6.18. The lowest BCUT2D eigenvalue weighted by molar-refractivity contribution is -0.384. The first-order chi connectivity index (χ1) is 14.0. The van der Waals surface area contributed by atoms with Gasteiger partial charge in [-0.25, -0.2) is 0 Å². The van der Waals surface area contributed by atoms with Gasteiger partial charge in [0.15, 0.2) is 0 Å². The molecule has 1 unspecified atom stereocenters. The van der Waals surface area contributed by atoms with E-state index < -0.39 is 0 Å². The van der Waals surface area contributed by atoms with E-state index in [1.54, 1.807) is 6.07 Å². The van der Waals surface area contributed by atoms with Crippen LogP contribution < -0.4 is 5.32 Å². The molecule has 29 heavy (non-hydrogen) atoms. The van der Waals surface area contributed by atoms with E-state index in [0.717, 1.165) is 23.1 Å². The molecule has 0 amide bonds. The number of aryl methyl sites for hydroxylation is 2. The van der Waals surface area contributed by atoms with Gasteiger partial charge in [0.25, 0.3) is 5.69 Å². The Bertz CT molecular complexity index is 943. The summed E-state index contributed by atoms with van der Waals surface area (Å²) in [6.07, 6.45) is 0.595. The summed E-state index contributed by atoms with van der Waals surface area (Å²) in [4.78, 5) is 11.1. The molecule has 0 aliphatic heterocycles. The Morgan fingerprint density at radius 3 is 2.14 bits per heavy atom. The monoisotopic (exact) mass is 390 g/mol. The predicted octanol–water partition coefficient (Wildman–Crippen LogP) is 5.45. The number of benzene rings is 3. The van der Waals surface area contributed by atoms with Gasteiger partial charge in [0.05, 0.1) is 17.6 Å².